The molecular weight excluding hydrogens is 371 g/mol. The Morgan fingerprint density at radius 1 is 1.08 bits per heavy atom. The molecule has 0 saturated carbocycles. The summed E-state index contributed by atoms with van der Waals surface area (Å²) in [7, 11) is 2.75. The summed E-state index contributed by atoms with van der Waals surface area (Å²) in [4.78, 5) is 12.2. The van der Waals surface area contributed by atoms with E-state index in [-0.39, 0.29) is 22.0 Å². The van der Waals surface area contributed by atoms with Crippen molar-refractivity contribution in [3.63, 3.8) is 0 Å². The highest BCUT2D eigenvalue weighted by molar-refractivity contribution is 6.32. The number of methoxy groups -OCH3 is 2. The first kappa shape index (κ1) is 19.7. The maximum atomic E-state index is 13.3. The third kappa shape index (κ3) is 4.70. The lowest BCUT2D eigenvalue weighted by Crippen LogP contribution is -2.16. The van der Waals surface area contributed by atoms with E-state index in [1.807, 2.05) is 0 Å². The lowest BCUT2D eigenvalue weighted by Gasteiger charge is -2.14. The smallest absolute Gasteiger partial charge is 0.417 e. The molecule has 2 aromatic rings. The van der Waals surface area contributed by atoms with Gasteiger partial charge in [-0.25, -0.2) is 0 Å². The van der Waals surface area contributed by atoms with Gasteiger partial charge in [0.1, 0.15) is 11.5 Å². The Morgan fingerprint density at radius 2 is 1.69 bits per heavy atom. The molecule has 4 nitrogen and oxygen atoms in total. The van der Waals surface area contributed by atoms with Crippen LogP contribution in [0, 0.1) is 0 Å². The third-order valence-electron chi connectivity index (χ3n) is 3.40. The highest BCUT2D eigenvalue weighted by Gasteiger charge is 2.35. The fourth-order valence-electron chi connectivity index (χ4n) is 2.20. The van der Waals surface area contributed by atoms with E-state index in [9.17, 15) is 18.0 Å². The Hall–Kier alpha value is -2.67. The molecule has 2 aromatic carbocycles. The summed E-state index contributed by atoms with van der Waals surface area (Å²) < 4.78 is 50.0. The van der Waals surface area contributed by atoms with Crippen LogP contribution in [0.3, 0.4) is 0 Å². The molecule has 0 aliphatic carbocycles. The van der Waals surface area contributed by atoms with E-state index in [0.717, 1.165) is 0 Å². The minimum Gasteiger partial charge on any atom is -0.495 e. The first-order valence-corrected chi connectivity index (χ1v) is 7.71. The van der Waals surface area contributed by atoms with Crippen molar-refractivity contribution in [2.45, 2.75) is 6.18 Å². The summed E-state index contributed by atoms with van der Waals surface area (Å²) in [6.07, 6.45) is -4.20. The van der Waals surface area contributed by atoms with Crippen LogP contribution in [0.4, 0.5) is 18.9 Å². The van der Waals surface area contributed by atoms with Crippen molar-refractivity contribution in [3.05, 3.63) is 59.1 Å². The molecule has 0 saturated heterocycles. The van der Waals surface area contributed by atoms with E-state index in [1.165, 1.54) is 50.6 Å². The van der Waals surface area contributed by atoms with Gasteiger partial charge in [-0.3, -0.25) is 4.79 Å². The highest BCUT2D eigenvalue weighted by Crippen LogP contribution is 2.37. The normalized spacial score (nSPS) is 11.8. The average Bonchev–Trinajstić information content (AvgIpc) is 2.59. The second kappa shape index (κ2) is 8.14. The van der Waals surface area contributed by atoms with Gasteiger partial charge in [-0.15, -0.1) is 0 Å². The van der Waals surface area contributed by atoms with Crippen molar-refractivity contribution in [3.8, 4) is 11.5 Å². The van der Waals surface area contributed by atoms with Gasteiger partial charge in [0.2, 0.25) is 5.91 Å². The fraction of sp³-hybridized carbons (Fsp3) is 0.167. The molecule has 1 amide bonds. The van der Waals surface area contributed by atoms with Gasteiger partial charge < -0.3 is 14.8 Å². The number of halogens is 4. The van der Waals surface area contributed by atoms with Crippen LogP contribution in [-0.2, 0) is 4.79 Å². The molecule has 0 aliphatic rings. The molecule has 26 heavy (non-hydrogen) atoms. The monoisotopic (exact) mass is 385 g/mol. The number of rotatable bonds is 5. The Morgan fingerprint density at radius 3 is 2.23 bits per heavy atom. The number of amides is 1. The molecule has 138 valence electrons. The number of nitrogens with one attached hydrogen (secondary N) is 1. The van der Waals surface area contributed by atoms with Crippen LogP contribution in [-0.4, -0.2) is 26.3 Å². The van der Waals surface area contributed by atoms with Crippen LogP contribution in [0.2, 0.25) is 5.02 Å². The molecule has 0 spiro atoms. The molecule has 0 radical (unpaired) electrons. The van der Waals surface area contributed by atoms with Crippen LogP contribution >= 0.6 is 11.6 Å². The Kier molecular flexibility index (Phi) is 6.15. The molecule has 0 aliphatic heterocycles. The summed E-state index contributed by atoms with van der Waals surface area (Å²) in [5, 5.41) is 2.52. The molecule has 0 heterocycles. The number of allylic oxidation sites excluding steroid dienone is 1. The van der Waals surface area contributed by atoms with Gasteiger partial charge in [-0.1, -0.05) is 41.9 Å². The molecule has 1 N–H and O–H groups in total. The molecular formula is C18H15ClF3NO3. The number of hydrogen-bond acceptors (Lipinski definition) is 3. The lowest BCUT2D eigenvalue weighted by molar-refractivity contribution is -0.112. The number of ether oxygens (including phenoxy) is 2. The SMILES string of the molecule is COc1cc(OC)c(NC(=O)/C=C(/c2ccccc2)C(F)(F)F)cc1Cl. The summed E-state index contributed by atoms with van der Waals surface area (Å²) >= 11 is 5.99. The van der Waals surface area contributed by atoms with Gasteiger partial charge in [0.15, 0.2) is 0 Å². The minimum atomic E-state index is -4.69. The number of carbonyl (C=O) groups is 1. The van der Waals surface area contributed by atoms with Crippen molar-refractivity contribution in [2.24, 2.45) is 0 Å². The van der Waals surface area contributed by atoms with E-state index < -0.39 is 17.7 Å². The zero-order valence-corrected chi connectivity index (χ0v) is 14.6. The fourth-order valence-corrected chi connectivity index (χ4v) is 2.44. The number of hydrogen-bond donors (Lipinski definition) is 1. The zero-order chi connectivity index (χ0) is 19.3. The molecule has 8 heteroatoms. The Labute approximate surface area is 153 Å². The van der Waals surface area contributed by atoms with E-state index in [0.29, 0.717) is 11.8 Å². The number of benzene rings is 2. The zero-order valence-electron chi connectivity index (χ0n) is 13.9. The molecule has 0 unspecified atom stereocenters. The second-order valence-electron chi connectivity index (χ2n) is 5.10. The summed E-state index contributed by atoms with van der Waals surface area (Å²) in [6, 6.07) is 9.80. The van der Waals surface area contributed by atoms with Gasteiger partial charge >= 0.3 is 6.18 Å². The summed E-state index contributed by atoms with van der Waals surface area (Å²) in [5.74, 6) is -0.473. The maximum Gasteiger partial charge on any atom is 0.417 e. The van der Waals surface area contributed by atoms with Gasteiger partial charge in [0.05, 0.1) is 30.5 Å². The minimum absolute atomic E-state index is 0.116. The van der Waals surface area contributed by atoms with Gasteiger partial charge in [0.25, 0.3) is 0 Å². The summed E-state index contributed by atoms with van der Waals surface area (Å²) in [5.41, 5.74) is -1.06. The standard InChI is InChI=1S/C18H15ClF3NO3/c1-25-15-10-16(26-2)14(9-13(15)19)23-17(24)8-12(18(20,21)22)11-6-4-3-5-7-11/h3-10H,1-2H3,(H,23,24)/b12-8-. The van der Waals surface area contributed by atoms with Crippen molar-refractivity contribution < 1.29 is 27.4 Å². The van der Waals surface area contributed by atoms with Crippen molar-refractivity contribution in [1.29, 1.82) is 0 Å². The van der Waals surface area contributed by atoms with Crippen LogP contribution in [0.5, 0.6) is 11.5 Å². The van der Waals surface area contributed by atoms with E-state index in [1.54, 1.807) is 6.07 Å². The first-order valence-electron chi connectivity index (χ1n) is 7.33. The molecule has 0 bridgehead atoms. The van der Waals surface area contributed by atoms with Crippen molar-refractivity contribution in [1.82, 2.24) is 0 Å². The maximum absolute atomic E-state index is 13.3. The topological polar surface area (TPSA) is 47.6 Å². The Bertz CT molecular complexity index is 820. The molecule has 0 atom stereocenters. The predicted molar refractivity (Wildman–Crippen MR) is 93.7 cm³/mol. The number of carbonyl (C=O) groups excluding carboxylic acids is 1. The quantitative estimate of drug-likeness (QED) is 0.741. The number of alkyl halides is 3. The van der Waals surface area contributed by atoms with Crippen molar-refractivity contribution in [2.75, 3.05) is 19.5 Å². The number of anilines is 1. The average molecular weight is 386 g/mol. The van der Waals surface area contributed by atoms with Crippen LogP contribution in [0.15, 0.2) is 48.5 Å². The van der Waals surface area contributed by atoms with Gasteiger partial charge in [-0.05, 0) is 11.6 Å². The van der Waals surface area contributed by atoms with Gasteiger partial charge in [-0.2, -0.15) is 13.2 Å². The second-order valence-corrected chi connectivity index (χ2v) is 5.51. The molecule has 2 rings (SSSR count). The third-order valence-corrected chi connectivity index (χ3v) is 3.69. The van der Waals surface area contributed by atoms with Crippen LogP contribution < -0.4 is 14.8 Å². The molecule has 0 aromatic heterocycles. The van der Waals surface area contributed by atoms with Crippen molar-refractivity contribution >= 4 is 28.8 Å². The highest BCUT2D eigenvalue weighted by atomic mass is 35.5. The summed E-state index contributed by atoms with van der Waals surface area (Å²) in [6.45, 7) is 0. The Balaban J connectivity index is 2.36. The van der Waals surface area contributed by atoms with Crippen LogP contribution in [0.1, 0.15) is 5.56 Å². The van der Waals surface area contributed by atoms with E-state index in [2.05, 4.69) is 5.32 Å². The van der Waals surface area contributed by atoms with Crippen LogP contribution in [0.25, 0.3) is 5.57 Å². The van der Waals surface area contributed by atoms with Gasteiger partial charge in [0, 0.05) is 12.1 Å². The van der Waals surface area contributed by atoms with E-state index in [4.69, 9.17) is 21.1 Å². The predicted octanol–water partition coefficient (Wildman–Crippen LogP) is 4.94. The first-order chi connectivity index (χ1) is 12.3. The molecule has 0 fully saturated rings. The lowest BCUT2D eigenvalue weighted by atomic mass is 10.1. The van der Waals surface area contributed by atoms with E-state index >= 15 is 0 Å². The largest absolute Gasteiger partial charge is 0.495 e.